The van der Waals surface area contributed by atoms with Gasteiger partial charge in [0.25, 0.3) is 5.56 Å². The third-order valence-electron chi connectivity index (χ3n) is 5.79. The molecule has 0 aliphatic carbocycles. The number of amides is 1. The summed E-state index contributed by atoms with van der Waals surface area (Å²) in [5, 5.41) is 3.35. The Hall–Kier alpha value is -4.30. The van der Waals surface area contributed by atoms with Crippen LogP contribution in [0.3, 0.4) is 0 Å². The number of anilines is 1. The van der Waals surface area contributed by atoms with Gasteiger partial charge in [-0.25, -0.2) is 4.98 Å². The summed E-state index contributed by atoms with van der Waals surface area (Å²) in [7, 11) is 0. The minimum absolute atomic E-state index is 0.0913. The highest BCUT2D eigenvalue weighted by Crippen LogP contribution is 2.29. The van der Waals surface area contributed by atoms with E-state index >= 15 is 0 Å². The molecule has 37 heavy (non-hydrogen) atoms. The maximum Gasteiger partial charge on any atom is 0.283 e. The number of thioether (sulfide) groups is 1. The van der Waals surface area contributed by atoms with Crippen molar-refractivity contribution in [1.29, 1.82) is 0 Å². The normalized spacial score (nSPS) is 11.0. The molecule has 2 N–H and O–H groups in total. The number of aromatic nitrogens is 3. The molecule has 0 radical (unpaired) electrons. The number of hydrogen-bond donors (Lipinski definition) is 2. The number of H-pyrrole nitrogens is 1. The number of fused-ring (bicyclic) bond motifs is 1. The molecule has 5 aromatic rings. The van der Waals surface area contributed by atoms with E-state index in [2.05, 4.69) is 10.3 Å². The minimum atomic E-state index is -0.238. The third-order valence-corrected chi connectivity index (χ3v) is 6.73. The standard InChI is InChI=1S/C29H26N4O3S/c1-3-36-23-14-12-22(13-15-23)33-28(35)27-26(24(17-30-27)20-9-5-4-6-10-20)32-29(33)37-18-25(34)31-21-11-7-8-19(2)16-21/h4-17,30H,3,18H2,1-2H3,(H,31,34). The average Bonchev–Trinajstić information content (AvgIpc) is 3.33. The Morgan fingerprint density at radius 2 is 1.84 bits per heavy atom. The van der Waals surface area contributed by atoms with Crippen LogP contribution in [-0.4, -0.2) is 32.8 Å². The van der Waals surface area contributed by atoms with Crippen LogP contribution in [0.1, 0.15) is 12.5 Å². The van der Waals surface area contributed by atoms with Gasteiger partial charge in [0.1, 0.15) is 16.8 Å². The Labute approximate surface area is 218 Å². The maximum atomic E-state index is 13.7. The van der Waals surface area contributed by atoms with Crippen molar-refractivity contribution < 1.29 is 9.53 Å². The average molecular weight is 511 g/mol. The molecule has 3 aromatic carbocycles. The summed E-state index contributed by atoms with van der Waals surface area (Å²) in [5.74, 6) is 0.625. The highest BCUT2D eigenvalue weighted by Gasteiger charge is 2.19. The molecule has 7 nitrogen and oxygen atoms in total. The number of carbonyl (C=O) groups excluding carboxylic acids is 1. The fourth-order valence-corrected chi connectivity index (χ4v) is 4.92. The van der Waals surface area contributed by atoms with Crippen LogP contribution in [0.5, 0.6) is 5.75 Å². The van der Waals surface area contributed by atoms with Crippen molar-refractivity contribution >= 4 is 34.4 Å². The smallest absolute Gasteiger partial charge is 0.283 e. The lowest BCUT2D eigenvalue weighted by molar-refractivity contribution is -0.113. The number of carbonyl (C=O) groups is 1. The van der Waals surface area contributed by atoms with Crippen LogP contribution in [0.15, 0.2) is 95.0 Å². The fourth-order valence-electron chi connectivity index (χ4n) is 4.11. The molecular formula is C29H26N4O3S. The zero-order valence-electron chi connectivity index (χ0n) is 20.5. The summed E-state index contributed by atoms with van der Waals surface area (Å²) in [6.07, 6.45) is 1.80. The van der Waals surface area contributed by atoms with Crippen molar-refractivity contribution in [3.63, 3.8) is 0 Å². The molecule has 186 valence electrons. The molecule has 0 bridgehead atoms. The first-order valence-corrected chi connectivity index (χ1v) is 12.9. The molecule has 0 aliphatic heterocycles. The SMILES string of the molecule is CCOc1ccc(-n2c(SCC(=O)Nc3cccc(C)c3)nc3c(-c4ccccc4)c[nH]c3c2=O)cc1. The van der Waals surface area contributed by atoms with Gasteiger partial charge in [-0.05, 0) is 61.4 Å². The number of nitrogens with zero attached hydrogens (tertiary/aromatic N) is 2. The number of benzene rings is 3. The van der Waals surface area contributed by atoms with E-state index in [0.29, 0.717) is 34.2 Å². The molecular weight excluding hydrogens is 484 g/mol. The Bertz CT molecular complexity index is 1610. The second-order valence-electron chi connectivity index (χ2n) is 8.46. The summed E-state index contributed by atoms with van der Waals surface area (Å²) in [6, 6.07) is 24.7. The first kappa shape index (κ1) is 24.4. The van der Waals surface area contributed by atoms with E-state index in [9.17, 15) is 9.59 Å². The molecule has 0 unspecified atom stereocenters. The number of aryl methyl sites for hydroxylation is 1. The lowest BCUT2D eigenvalue weighted by Crippen LogP contribution is -2.23. The molecule has 0 saturated carbocycles. The van der Waals surface area contributed by atoms with Gasteiger partial charge in [0.2, 0.25) is 5.91 Å². The molecule has 2 aromatic heterocycles. The number of ether oxygens (including phenoxy) is 1. The first-order valence-electron chi connectivity index (χ1n) is 12.0. The molecule has 0 atom stereocenters. The highest BCUT2D eigenvalue weighted by atomic mass is 32.2. The summed E-state index contributed by atoms with van der Waals surface area (Å²) in [6.45, 7) is 4.44. The third kappa shape index (κ3) is 5.29. The monoisotopic (exact) mass is 510 g/mol. The topological polar surface area (TPSA) is 89.0 Å². The van der Waals surface area contributed by atoms with Gasteiger partial charge in [-0.1, -0.05) is 54.2 Å². The van der Waals surface area contributed by atoms with Gasteiger partial charge < -0.3 is 15.0 Å². The Kier molecular flexibility index (Phi) is 7.09. The summed E-state index contributed by atoms with van der Waals surface area (Å²) in [5.41, 5.74) is 4.95. The number of nitrogens with one attached hydrogen (secondary N) is 2. The number of aromatic amines is 1. The predicted molar refractivity (Wildman–Crippen MR) is 149 cm³/mol. The van der Waals surface area contributed by atoms with Crippen LogP contribution in [0.2, 0.25) is 0 Å². The lowest BCUT2D eigenvalue weighted by Gasteiger charge is -2.13. The molecule has 5 rings (SSSR count). The van der Waals surface area contributed by atoms with Crippen molar-refractivity contribution in [2.45, 2.75) is 19.0 Å². The largest absolute Gasteiger partial charge is 0.494 e. The van der Waals surface area contributed by atoms with Crippen LogP contribution in [0, 0.1) is 6.92 Å². The summed E-state index contributed by atoms with van der Waals surface area (Å²) < 4.78 is 7.09. The van der Waals surface area contributed by atoms with Gasteiger partial charge in [0, 0.05) is 17.4 Å². The van der Waals surface area contributed by atoms with E-state index < -0.39 is 0 Å². The van der Waals surface area contributed by atoms with Crippen LogP contribution in [0.4, 0.5) is 5.69 Å². The number of rotatable bonds is 8. The van der Waals surface area contributed by atoms with E-state index in [4.69, 9.17) is 9.72 Å². The molecule has 1 amide bonds. The van der Waals surface area contributed by atoms with Crippen LogP contribution >= 0.6 is 11.8 Å². The van der Waals surface area contributed by atoms with Crippen molar-refractivity contribution in [3.8, 4) is 22.6 Å². The lowest BCUT2D eigenvalue weighted by atomic mass is 10.1. The van der Waals surface area contributed by atoms with Crippen molar-refractivity contribution in [3.05, 3.63) is 101 Å². The van der Waals surface area contributed by atoms with E-state index in [0.717, 1.165) is 22.4 Å². The number of hydrogen-bond acceptors (Lipinski definition) is 5. The van der Waals surface area contributed by atoms with Gasteiger partial charge in [-0.3, -0.25) is 14.2 Å². The maximum absolute atomic E-state index is 13.7. The fraction of sp³-hybridized carbons (Fsp3) is 0.138. The van der Waals surface area contributed by atoms with Gasteiger partial charge in [-0.2, -0.15) is 0 Å². The van der Waals surface area contributed by atoms with Gasteiger partial charge in [0.05, 0.1) is 18.0 Å². The quantitative estimate of drug-likeness (QED) is 0.203. The molecule has 0 spiro atoms. The van der Waals surface area contributed by atoms with Crippen molar-refractivity contribution in [2.75, 3.05) is 17.7 Å². The van der Waals surface area contributed by atoms with Crippen LogP contribution in [0.25, 0.3) is 27.8 Å². The zero-order valence-corrected chi connectivity index (χ0v) is 21.3. The Balaban J connectivity index is 1.54. The predicted octanol–water partition coefficient (Wildman–Crippen LogP) is 5.82. The van der Waals surface area contributed by atoms with Crippen LogP contribution < -0.4 is 15.6 Å². The highest BCUT2D eigenvalue weighted by molar-refractivity contribution is 7.99. The zero-order chi connectivity index (χ0) is 25.8. The van der Waals surface area contributed by atoms with Crippen LogP contribution in [-0.2, 0) is 4.79 Å². The minimum Gasteiger partial charge on any atom is -0.494 e. The second-order valence-corrected chi connectivity index (χ2v) is 9.40. The van der Waals surface area contributed by atoms with E-state index in [1.165, 1.54) is 16.3 Å². The second kappa shape index (κ2) is 10.8. The van der Waals surface area contributed by atoms with Gasteiger partial charge >= 0.3 is 0 Å². The van der Waals surface area contributed by atoms with Crippen molar-refractivity contribution in [1.82, 2.24) is 14.5 Å². The Morgan fingerprint density at radius 1 is 1.05 bits per heavy atom. The van der Waals surface area contributed by atoms with Crippen molar-refractivity contribution in [2.24, 2.45) is 0 Å². The van der Waals surface area contributed by atoms with E-state index in [1.54, 1.807) is 6.20 Å². The molecule has 2 heterocycles. The molecule has 8 heteroatoms. The van der Waals surface area contributed by atoms with Gasteiger partial charge in [0.15, 0.2) is 5.16 Å². The van der Waals surface area contributed by atoms with Gasteiger partial charge in [-0.15, -0.1) is 0 Å². The van der Waals surface area contributed by atoms with E-state index in [-0.39, 0.29) is 17.2 Å². The first-order chi connectivity index (χ1) is 18.0. The Morgan fingerprint density at radius 3 is 2.57 bits per heavy atom. The van der Waals surface area contributed by atoms with E-state index in [1.807, 2.05) is 92.7 Å². The summed E-state index contributed by atoms with van der Waals surface area (Å²) >= 11 is 1.22. The molecule has 0 aliphatic rings. The molecule has 0 fully saturated rings. The summed E-state index contributed by atoms with van der Waals surface area (Å²) in [4.78, 5) is 34.5. The molecule has 0 saturated heterocycles.